The Labute approximate surface area is 125 Å². The molecule has 0 aromatic heterocycles. The molecule has 0 N–H and O–H groups in total. The summed E-state index contributed by atoms with van der Waals surface area (Å²) >= 11 is 0. The Morgan fingerprint density at radius 1 is 0.609 bits per heavy atom. The molecule has 0 amide bonds. The van der Waals surface area contributed by atoms with Gasteiger partial charge in [0.25, 0.3) is 32.9 Å². The molecule has 0 fully saturated rings. The third-order valence-electron chi connectivity index (χ3n) is 1.81. The summed E-state index contributed by atoms with van der Waals surface area (Å²) in [5.41, 5.74) is 0. The van der Waals surface area contributed by atoms with E-state index in [1.54, 1.807) is 0 Å². The van der Waals surface area contributed by atoms with Gasteiger partial charge in [-0.25, -0.2) is 0 Å². The minimum atomic E-state index is -1.83. The van der Waals surface area contributed by atoms with Crippen LogP contribution in [0.5, 0.6) is 0 Å². The van der Waals surface area contributed by atoms with Gasteiger partial charge < -0.3 is 4.74 Å². The molecule has 0 aliphatic rings. The fourth-order valence-corrected chi connectivity index (χ4v) is 1.09. The van der Waals surface area contributed by atoms with Crippen molar-refractivity contribution in [1.29, 1.82) is 0 Å². The van der Waals surface area contributed by atoms with Crippen LogP contribution in [0.1, 0.15) is 12.8 Å². The van der Waals surface area contributed by atoms with Gasteiger partial charge in [-0.1, -0.05) is 0 Å². The molecule has 0 rings (SSSR count). The maximum Gasteiger partial charge on any atom is 0.296 e. The lowest BCUT2D eigenvalue weighted by Crippen LogP contribution is -2.27. The van der Waals surface area contributed by atoms with Crippen LogP contribution in [0.4, 0.5) is 0 Å². The number of ether oxygens (including phenoxy) is 1. The van der Waals surface area contributed by atoms with Crippen LogP contribution >= 0.6 is 0 Å². The molecule has 0 aliphatic carbocycles. The monoisotopic (exact) mass is 346 g/mol. The van der Waals surface area contributed by atoms with Crippen LogP contribution in [-0.2, 0) is 24.1 Å². The van der Waals surface area contributed by atoms with E-state index in [2.05, 4.69) is 19.4 Å². The largest absolute Gasteiger partial charge is 0.381 e. The van der Waals surface area contributed by atoms with Crippen molar-refractivity contribution >= 4 is 0 Å². The Morgan fingerprint density at radius 3 is 1.09 bits per heavy atom. The summed E-state index contributed by atoms with van der Waals surface area (Å²) in [6, 6.07) is 0. The Balaban J connectivity index is 4.09. The van der Waals surface area contributed by atoms with Gasteiger partial charge in [-0.2, -0.15) is 0 Å². The molecule has 23 heavy (non-hydrogen) atoms. The SMILES string of the molecule is O=[N+]([O-])OC(CCOCCC(O[N+](=O)[O-])O[N+](=O)[O-])O[N+](=O)[O-]. The number of hydrogen-bond acceptors (Lipinski definition) is 13. The fraction of sp³-hybridized carbons (Fsp3) is 1.00. The van der Waals surface area contributed by atoms with E-state index in [9.17, 15) is 40.5 Å². The minimum Gasteiger partial charge on any atom is -0.381 e. The van der Waals surface area contributed by atoms with E-state index < -0.39 is 45.8 Å². The smallest absolute Gasteiger partial charge is 0.296 e. The molecular weight excluding hydrogens is 336 g/mol. The summed E-state index contributed by atoms with van der Waals surface area (Å²) < 4.78 is 4.81. The van der Waals surface area contributed by atoms with Gasteiger partial charge in [0, 0.05) is 12.8 Å². The fourth-order valence-electron chi connectivity index (χ4n) is 1.09. The average molecular weight is 346 g/mol. The highest BCUT2D eigenvalue weighted by molar-refractivity contribution is 4.43. The first-order chi connectivity index (χ1) is 10.7. The molecule has 0 bridgehead atoms. The molecule has 0 aromatic carbocycles. The van der Waals surface area contributed by atoms with Crippen molar-refractivity contribution in [3.63, 3.8) is 0 Å². The van der Waals surface area contributed by atoms with Gasteiger partial charge in [0.15, 0.2) is 0 Å². The molecule has 17 nitrogen and oxygen atoms in total. The second-order valence-corrected chi connectivity index (χ2v) is 3.36. The van der Waals surface area contributed by atoms with Gasteiger partial charge in [-0.05, 0) is 0 Å². The Hall–Kier alpha value is -3.24. The summed E-state index contributed by atoms with van der Waals surface area (Å²) in [5.74, 6) is 0. The topological polar surface area (TPSA) is 219 Å². The van der Waals surface area contributed by atoms with Gasteiger partial charge in [0.1, 0.15) is 0 Å². The van der Waals surface area contributed by atoms with Crippen LogP contribution in [0.15, 0.2) is 0 Å². The predicted octanol–water partition coefficient (Wildman–Crippen LogP) is -0.731. The lowest BCUT2D eigenvalue weighted by molar-refractivity contribution is -0.851. The maximum absolute atomic E-state index is 10.1. The van der Waals surface area contributed by atoms with E-state index in [1.807, 2.05) is 0 Å². The van der Waals surface area contributed by atoms with Crippen LogP contribution in [0.3, 0.4) is 0 Å². The second kappa shape index (κ2) is 10.5. The summed E-state index contributed by atoms with van der Waals surface area (Å²) in [4.78, 5) is 55.6. The van der Waals surface area contributed by atoms with Crippen LogP contribution in [0, 0.1) is 40.5 Å². The molecule has 0 heterocycles. The zero-order chi connectivity index (χ0) is 17.8. The zero-order valence-electron chi connectivity index (χ0n) is 11.1. The van der Waals surface area contributed by atoms with E-state index in [0.29, 0.717) is 0 Å². The van der Waals surface area contributed by atoms with Crippen molar-refractivity contribution in [1.82, 2.24) is 0 Å². The van der Waals surface area contributed by atoms with Crippen molar-refractivity contribution in [2.75, 3.05) is 13.2 Å². The molecule has 0 saturated carbocycles. The lowest BCUT2D eigenvalue weighted by atomic mass is 10.4. The summed E-state index contributed by atoms with van der Waals surface area (Å²) in [6.07, 6.45) is -4.53. The quantitative estimate of drug-likeness (QED) is 0.164. The van der Waals surface area contributed by atoms with E-state index in [-0.39, 0.29) is 13.2 Å². The second-order valence-electron chi connectivity index (χ2n) is 3.36. The van der Waals surface area contributed by atoms with Gasteiger partial charge >= 0.3 is 0 Å². The molecule has 17 heteroatoms. The molecule has 0 saturated heterocycles. The zero-order valence-corrected chi connectivity index (χ0v) is 11.1. The van der Waals surface area contributed by atoms with Gasteiger partial charge in [-0.3, -0.25) is 19.4 Å². The van der Waals surface area contributed by atoms with Crippen LogP contribution in [0.25, 0.3) is 0 Å². The summed E-state index contributed by atoms with van der Waals surface area (Å²) in [6.45, 7) is -0.702. The van der Waals surface area contributed by atoms with Crippen molar-refractivity contribution < 1.29 is 44.4 Å². The molecule has 0 radical (unpaired) electrons. The molecule has 0 aromatic rings. The standard InChI is InChI=1S/C6H10N4O13/c11-7(12)20-5(21-8(13)14)1-3-19-4-2-6(22-9(15)16)23-10(17)18/h5-6H,1-4H2. The Bertz CT molecular complexity index is 359. The first-order valence-corrected chi connectivity index (χ1v) is 5.53. The van der Waals surface area contributed by atoms with Crippen LogP contribution in [-0.4, -0.2) is 46.1 Å². The molecular formula is C6H10N4O13. The molecule has 0 unspecified atom stereocenters. The Morgan fingerprint density at radius 2 is 0.870 bits per heavy atom. The van der Waals surface area contributed by atoms with Crippen LogP contribution < -0.4 is 0 Å². The van der Waals surface area contributed by atoms with E-state index in [1.165, 1.54) is 0 Å². The van der Waals surface area contributed by atoms with Crippen LogP contribution in [0.2, 0.25) is 0 Å². The molecule has 132 valence electrons. The minimum absolute atomic E-state index is 0.351. The Kier molecular flexibility index (Phi) is 9.01. The highest BCUT2D eigenvalue weighted by atomic mass is 17.1. The molecule has 0 atom stereocenters. The molecule has 0 aliphatic heterocycles. The van der Waals surface area contributed by atoms with E-state index >= 15 is 0 Å². The highest BCUT2D eigenvalue weighted by Crippen LogP contribution is 2.05. The van der Waals surface area contributed by atoms with Gasteiger partial charge in [-0.15, -0.1) is 40.5 Å². The van der Waals surface area contributed by atoms with Crippen molar-refractivity contribution in [3.05, 3.63) is 40.5 Å². The summed E-state index contributed by atoms with van der Waals surface area (Å²) in [5, 5.41) is 35.0. The van der Waals surface area contributed by atoms with E-state index in [4.69, 9.17) is 4.74 Å². The normalized spacial score (nSPS) is 10.2. The predicted molar refractivity (Wildman–Crippen MR) is 59.9 cm³/mol. The summed E-state index contributed by atoms with van der Waals surface area (Å²) in [7, 11) is 0. The third-order valence-corrected chi connectivity index (χ3v) is 1.81. The first kappa shape index (κ1) is 19.8. The third kappa shape index (κ3) is 12.2. The number of nitrogens with zero attached hydrogens (tertiary/aromatic N) is 4. The van der Waals surface area contributed by atoms with Crippen molar-refractivity contribution in [2.24, 2.45) is 0 Å². The van der Waals surface area contributed by atoms with Crippen molar-refractivity contribution in [3.8, 4) is 0 Å². The number of hydrogen-bond donors (Lipinski definition) is 0. The van der Waals surface area contributed by atoms with E-state index in [0.717, 1.165) is 0 Å². The van der Waals surface area contributed by atoms with Gasteiger partial charge in [0.2, 0.25) is 0 Å². The van der Waals surface area contributed by atoms with Gasteiger partial charge in [0.05, 0.1) is 13.2 Å². The van der Waals surface area contributed by atoms with Crippen molar-refractivity contribution in [2.45, 2.75) is 25.4 Å². The average Bonchev–Trinajstić information content (AvgIpc) is 2.34. The molecule has 0 spiro atoms. The number of rotatable bonds is 14. The maximum atomic E-state index is 10.1. The first-order valence-electron chi connectivity index (χ1n) is 5.53. The highest BCUT2D eigenvalue weighted by Gasteiger charge is 2.19. The lowest BCUT2D eigenvalue weighted by Gasteiger charge is -2.14.